The first-order valence-electron chi connectivity index (χ1n) is 12.0. The van der Waals surface area contributed by atoms with Gasteiger partial charge in [-0.2, -0.15) is 0 Å². The second-order valence-electron chi connectivity index (χ2n) is 8.48. The van der Waals surface area contributed by atoms with Gasteiger partial charge >= 0.3 is 0 Å². The van der Waals surface area contributed by atoms with Crippen LogP contribution in [0.15, 0.2) is 54.3 Å². The van der Waals surface area contributed by atoms with Gasteiger partial charge < -0.3 is 20.6 Å². The summed E-state index contributed by atoms with van der Waals surface area (Å²) in [5, 5.41) is 3.41. The SMILES string of the molecule is C\C=C/C(=C\C=C\C1CCCN(c2ccc(N3CCCC3)cn2)CC1)CCNCC.O. The molecule has 31 heavy (non-hydrogen) atoms. The molecule has 3 heterocycles. The largest absolute Gasteiger partial charge is 0.412 e. The molecule has 0 bridgehead atoms. The molecule has 1 atom stereocenters. The highest BCUT2D eigenvalue weighted by Gasteiger charge is 2.17. The third-order valence-electron chi connectivity index (χ3n) is 6.21. The van der Waals surface area contributed by atoms with Crippen LogP contribution in [0.3, 0.4) is 0 Å². The van der Waals surface area contributed by atoms with Crippen molar-refractivity contribution >= 4 is 11.5 Å². The van der Waals surface area contributed by atoms with Crippen molar-refractivity contribution in [2.24, 2.45) is 5.92 Å². The molecule has 0 amide bonds. The number of anilines is 2. The zero-order valence-corrected chi connectivity index (χ0v) is 19.5. The lowest BCUT2D eigenvalue weighted by Gasteiger charge is -2.23. The summed E-state index contributed by atoms with van der Waals surface area (Å²) < 4.78 is 0. The predicted molar refractivity (Wildman–Crippen MR) is 134 cm³/mol. The van der Waals surface area contributed by atoms with Crippen molar-refractivity contribution < 1.29 is 5.48 Å². The van der Waals surface area contributed by atoms with Crippen LogP contribution >= 0.6 is 0 Å². The molecule has 0 radical (unpaired) electrons. The van der Waals surface area contributed by atoms with Gasteiger partial charge in [-0.3, -0.25) is 0 Å². The highest BCUT2D eigenvalue weighted by Crippen LogP contribution is 2.25. The number of nitrogens with one attached hydrogen (secondary N) is 1. The minimum absolute atomic E-state index is 0. The summed E-state index contributed by atoms with van der Waals surface area (Å²) in [6.07, 6.45) is 20.8. The van der Waals surface area contributed by atoms with Crippen LogP contribution in [-0.4, -0.2) is 49.7 Å². The van der Waals surface area contributed by atoms with Gasteiger partial charge in [-0.15, -0.1) is 0 Å². The van der Waals surface area contributed by atoms with E-state index in [1.54, 1.807) is 0 Å². The molecule has 1 aromatic rings. The molecule has 2 saturated heterocycles. The van der Waals surface area contributed by atoms with Crippen molar-refractivity contribution in [3.63, 3.8) is 0 Å². The van der Waals surface area contributed by atoms with Gasteiger partial charge in [0.1, 0.15) is 5.82 Å². The first-order chi connectivity index (χ1) is 14.8. The molecule has 172 valence electrons. The van der Waals surface area contributed by atoms with Crippen molar-refractivity contribution in [2.75, 3.05) is 49.1 Å². The number of hydrogen-bond acceptors (Lipinski definition) is 4. The maximum atomic E-state index is 4.80. The molecule has 5 heteroatoms. The third kappa shape index (κ3) is 8.15. The van der Waals surface area contributed by atoms with E-state index in [1.165, 1.54) is 56.5 Å². The molecule has 0 aliphatic carbocycles. The van der Waals surface area contributed by atoms with Crippen molar-refractivity contribution in [3.05, 3.63) is 54.3 Å². The van der Waals surface area contributed by atoms with E-state index in [-0.39, 0.29) is 5.48 Å². The summed E-state index contributed by atoms with van der Waals surface area (Å²) in [5.74, 6) is 1.80. The Morgan fingerprint density at radius 3 is 2.61 bits per heavy atom. The van der Waals surface area contributed by atoms with E-state index in [4.69, 9.17) is 4.98 Å². The second-order valence-corrected chi connectivity index (χ2v) is 8.48. The van der Waals surface area contributed by atoms with Crippen molar-refractivity contribution in [2.45, 2.75) is 52.4 Å². The standard InChI is InChI=1S/C26H40N4.H2O/c1-3-9-23(15-17-27-4-2)10-7-11-24-12-8-20-30(21-16-24)26-14-13-25(22-28-26)29-18-5-6-19-29;/h3,7,9-11,13-14,22,24,27H,4-6,8,12,15-21H2,1-2H3;1H2/b9-3-,11-7+,23-10+;. The third-order valence-corrected chi connectivity index (χ3v) is 6.21. The van der Waals surface area contributed by atoms with Gasteiger partial charge in [0.15, 0.2) is 0 Å². The van der Waals surface area contributed by atoms with Crippen molar-refractivity contribution in [1.82, 2.24) is 10.3 Å². The summed E-state index contributed by atoms with van der Waals surface area (Å²) in [6.45, 7) is 10.9. The Morgan fingerprint density at radius 2 is 1.90 bits per heavy atom. The van der Waals surface area contributed by atoms with E-state index in [0.717, 1.165) is 38.4 Å². The topological polar surface area (TPSA) is 62.9 Å². The fourth-order valence-electron chi connectivity index (χ4n) is 4.45. The lowest BCUT2D eigenvalue weighted by molar-refractivity contribution is 0.578. The molecule has 2 fully saturated rings. The Bertz CT molecular complexity index is 705. The summed E-state index contributed by atoms with van der Waals surface area (Å²) in [4.78, 5) is 9.72. The van der Waals surface area contributed by atoms with Gasteiger partial charge in [0.25, 0.3) is 0 Å². The summed E-state index contributed by atoms with van der Waals surface area (Å²) >= 11 is 0. The van der Waals surface area contributed by atoms with E-state index >= 15 is 0 Å². The van der Waals surface area contributed by atoms with Crippen molar-refractivity contribution in [3.8, 4) is 0 Å². The van der Waals surface area contributed by atoms with Crippen LogP contribution < -0.4 is 15.1 Å². The predicted octanol–water partition coefficient (Wildman–Crippen LogP) is 4.52. The van der Waals surface area contributed by atoms with Crippen LogP contribution in [0.25, 0.3) is 0 Å². The molecule has 2 aliphatic rings. The van der Waals surface area contributed by atoms with E-state index in [2.05, 4.69) is 77.7 Å². The van der Waals surface area contributed by atoms with Gasteiger partial charge in [0.2, 0.25) is 0 Å². The highest BCUT2D eigenvalue weighted by atomic mass is 16.0. The van der Waals surface area contributed by atoms with Crippen LogP contribution in [0, 0.1) is 5.92 Å². The fourth-order valence-corrected chi connectivity index (χ4v) is 4.45. The maximum absolute atomic E-state index is 4.80. The molecule has 3 rings (SSSR count). The fraction of sp³-hybridized carbons (Fsp3) is 0.577. The van der Waals surface area contributed by atoms with E-state index in [1.807, 2.05) is 0 Å². The Kier molecular flexibility index (Phi) is 11.4. The molecule has 0 aromatic carbocycles. The smallest absolute Gasteiger partial charge is 0.128 e. The number of nitrogens with zero attached hydrogens (tertiary/aromatic N) is 3. The average Bonchev–Trinajstić information content (AvgIpc) is 3.21. The number of aromatic nitrogens is 1. The lowest BCUT2D eigenvalue weighted by Crippen LogP contribution is -2.25. The Hall–Kier alpha value is -2.11. The second kappa shape index (κ2) is 14.0. The van der Waals surface area contributed by atoms with Crippen LogP contribution in [0.1, 0.15) is 52.4 Å². The van der Waals surface area contributed by atoms with E-state index in [9.17, 15) is 0 Å². The van der Waals surface area contributed by atoms with E-state index in [0.29, 0.717) is 5.92 Å². The zero-order valence-electron chi connectivity index (χ0n) is 19.5. The summed E-state index contributed by atoms with van der Waals surface area (Å²) in [7, 11) is 0. The molecule has 1 unspecified atom stereocenters. The molecular formula is C26H42N4O. The van der Waals surface area contributed by atoms with Gasteiger partial charge in [-0.05, 0) is 82.2 Å². The monoisotopic (exact) mass is 426 g/mol. The van der Waals surface area contributed by atoms with Crippen molar-refractivity contribution in [1.29, 1.82) is 0 Å². The molecule has 5 nitrogen and oxygen atoms in total. The Labute approximate surface area is 189 Å². The normalized spacial score (nSPS) is 20.5. The van der Waals surface area contributed by atoms with Gasteiger partial charge in [0.05, 0.1) is 11.9 Å². The molecule has 0 spiro atoms. The quantitative estimate of drug-likeness (QED) is 0.466. The first kappa shape index (κ1) is 25.2. The molecular weight excluding hydrogens is 384 g/mol. The van der Waals surface area contributed by atoms with Crippen LogP contribution in [0.4, 0.5) is 11.5 Å². The summed E-state index contributed by atoms with van der Waals surface area (Å²) in [5.41, 5.74) is 2.68. The number of hydrogen-bond donors (Lipinski definition) is 1. The number of pyridine rings is 1. The lowest BCUT2D eigenvalue weighted by atomic mass is 10.00. The average molecular weight is 427 g/mol. The minimum atomic E-state index is 0. The summed E-state index contributed by atoms with van der Waals surface area (Å²) in [6, 6.07) is 4.48. The molecule has 3 N–H and O–H groups in total. The maximum Gasteiger partial charge on any atom is 0.128 e. The molecule has 2 aliphatic heterocycles. The first-order valence-corrected chi connectivity index (χ1v) is 12.0. The van der Waals surface area contributed by atoms with Crippen LogP contribution in [-0.2, 0) is 0 Å². The van der Waals surface area contributed by atoms with Gasteiger partial charge in [0, 0.05) is 26.2 Å². The number of allylic oxidation sites excluding steroid dienone is 5. The van der Waals surface area contributed by atoms with Gasteiger partial charge in [-0.1, -0.05) is 37.3 Å². The minimum Gasteiger partial charge on any atom is -0.412 e. The van der Waals surface area contributed by atoms with Gasteiger partial charge in [-0.25, -0.2) is 4.98 Å². The Morgan fingerprint density at radius 1 is 1.10 bits per heavy atom. The molecule has 1 aromatic heterocycles. The number of rotatable bonds is 9. The van der Waals surface area contributed by atoms with Crippen LogP contribution in [0.2, 0.25) is 0 Å². The zero-order chi connectivity index (χ0) is 21.0. The van der Waals surface area contributed by atoms with E-state index < -0.39 is 0 Å². The highest BCUT2D eigenvalue weighted by molar-refractivity contribution is 5.51. The Balaban J connectivity index is 0.00000341. The molecule has 0 saturated carbocycles. The van der Waals surface area contributed by atoms with Crippen LogP contribution in [0.5, 0.6) is 0 Å².